The molecule has 1 fully saturated rings. The maximum absolute atomic E-state index is 13.6. The largest absolute Gasteiger partial charge is 0.450 e. The lowest BCUT2D eigenvalue weighted by molar-refractivity contribution is 0.0963. The summed E-state index contributed by atoms with van der Waals surface area (Å²) in [4.78, 5) is 17.6. The Kier molecular flexibility index (Phi) is 10.3. The van der Waals surface area contributed by atoms with Crippen LogP contribution in [0.5, 0.6) is 0 Å². The monoisotopic (exact) mass is 496 g/mol. The number of carbonyl (C=O) groups excluding carboxylic acids is 1. The van der Waals surface area contributed by atoms with E-state index in [4.69, 9.17) is 4.74 Å². The Morgan fingerprint density at radius 2 is 2.04 bits per heavy atom. The lowest BCUT2D eigenvalue weighted by Gasteiger charge is -2.32. The predicted octanol–water partition coefficient (Wildman–Crippen LogP) is 2.91. The summed E-state index contributed by atoms with van der Waals surface area (Å²) in [5.41, 5.74) is 0.456. The van der Waals surface area contributed by atoms with E-state index in [0.29, 0.717) is 44.2 Å². The third-order valence-corrected chi connectivity index (χ3v) is 4.29. The smallest absolute Gasteiger partial charge is 0.409 e. The number of nitrogens with zero attached hydrogens (tertiary/aromatic N) is 2. The standard InChI is InChI=1S/C18H26F2N4O2.HI/c1-3-26-18(25)24-10-7-15(8-11-24)23-17(21-2)22-9-6-13-4-5-14(19)12-16(13)20;/h4-5,12,15H,3,6-11H2,1-2H3,(H2,21,22,23);1H. The van der Waals surface area contributed by atoms with Crippen molar-refractivity contribution in [2.75, 3.05) is 33.3 Å². The zero-order valence-electron chi connectivity index (χ0n) is 15.6. The maximum Gasteiger partial charge on any atom is 0.409 e. The van der Waals surface area contributed by atoms with E-state index < -0.39 is 11.6 Å². The van der Waals surface area contributed by atoms with E-state index in [1.54, 1.807) is 18.9 Å². The number of halogens is 3. The molecule has 2 rings (SSSR count). The van der Waals surface area contributed by atoms with E-state index >= 15 is 0 Å². The van der Waals surface area contributed by atoms with E-state index in [1.807, 2.05) is 0 Å². The Morgan fingerprint density at radius 1 is 1.33 bits per heavy atom. The first-order valence-electron chi connectivity index (χ1n) is 8.86. The molecule has 1 aliphatic heterocycles. The van der Waals surface area contributed by atoms with Gasteiger partial charge in [0.25, 0.3) is 0 Å². The molecule has 1 aromatic rings. The van der Waals surface area contributed by atoms with Crippen molar-refractivity contribution in [3.05, 3.63) is 35.4 Å². The summed E-state index contributed by atoms with van der Waals surface area (Å²) in [6.07, 6.45) is 1.75. The summed E-state index contributed by atoms with van der Waals surface area (Å²) in [5, 5.41) is 6.45. The average molecular weight is 496 g/mol. The van der Waals surface area contributed by atoms with E-state index in [-0.39, 0.29) is 36.1 Å². The molecule has 1 aliphatic rings. The van der Waals surface area contributed by atoms with Gasteiger partial charge in [-0.2, -0.15) is 0 Å². The summed E-state index contributed by atoms with van der Waals surface area (Å²) >= 11 is 0. The van der Waals surface area contributed by atoms with Gasteiger partial charge in [0.05, 0.1) is 6.61 Å². The van der Waals surface area contributed by atoms with E-state index in [2.05, 4.69) is 15.6 Å². The number of aliphatic imine (C=N–C) groups is 1. The first kappa shape index (κ1) is 23.4. The van der Waals surface area contributed by atoms with Crippen LogP contribution in [0.1, 0.15) is 25.3 Å². The second kappa shape index (κ2) is 11.9. The van der Waals surface area contributed by atoms with Crippen LogP contribution >= 0.6 is 24.0 Å². The number of benzene rings is 1. The summed E-state index contributed by atoms with van der Waals surface area (Å²) in [6, 6.07) is 3.80. The zero-order valence-corrected chi connectivity index (χ0v) is 18.0. The van der Waals surface area contributed by atoms with Gasteiger partial charge in [0.15, 0.2) is 5.96 Å². The van der Waals surface area contributed by atoms with Crippen LogP contribution < -0.4 is 10.6 Å². The second-order valence-electron chi connectivity index (χ2n) is 6.09. The number of carbonyl (C=O) groups is 1. The highest BCUT2D eigenvalue weighted by Crippen LogP contribution is 2.12. The Bertz CT molecular complexity index is 638. The summed E-state index contributed by atoms with van der Waals surface area (Å²) in [7, 11) is 1.67. The van der Waals surface area contributed by atoms with Crippen LogP contribution in [-0.4, -0.2) is 56.3 Å². The average Bonchev–Trinajstić information content (AvgIpc) is 2.63. The van der Waals surface area contributed by atoms with E-state index in [0.717, 1.165) is 18.9 Å². The third kappa shape index (κ3) is 7.47. The molecule has 1 saturated heterocycles. The lowest BCUT2D eigenvalue weighted by atomic mass is 10.1. The van der Waals surface area contributed by atoms with Crippen molar-refractivity contribution in [3.63, 3.8) is 0 Å². The van der Waals surface area contributed by atoms with Crippen LogP contribution in [0.3, 0.4) is 0 Å². The molecule has 27 heavy (non-hydrogen) atoms. The minimum atomic E-state index is -0.578. The molecule has 9 heteroatoms. The SMILES string of the molecule is CCOC(=O)N1CCC(NC(=NC)NCCc2ccc(F)cc2F)CC1.I. The molecule has 6 nitrogen and oxygen atoms in total. The van der Waals surface area contributed by atoms with E-state index in [1.165, 1.54) is 12.1 Å². The highest BCUT2D eigenvalue weighted by atomic mass is 127. The number of likely N-dealkylation sites (tertiary alicyclic amines) is 1. The predicted molar refractivity (Wildman–Crippen MR) is 112 cm³/mol. The molecule has 1 amide bonds. The number of nitrogens with one attached hydrogen (secondary N) is 2. The fraction of sp³-hybridized carbons (Fsp3) is 0.556. The van der Waals surface area contributed by atoms with Crippen molar-refractivity contribution < 1.29 is 18.3 Å². The van der Waals surface area contributed by atoms with Gasteiger partial charge in [-0.3, -0.25) is 4.99 Å². The topological polar surface area (TPSA) is 66.0 Å². The van der Waals surface area contributed by atoms with Gasteiger partial charge in [0, 0.05) is 38.8 Å². The maximum atomic E-state index is 13.6. The van der Waals surface area contributed by atoms with Crippen molar-refractivity contribution in [2.24, 2.45) is 4.99 Å². The molecule has 152 valence electrons. The number of piperidine rings is 1. The molecule has 0 atom stereocenters. The van der Waals surface area contributed by atoms with Crippen LogP contribution in [0.2, 0.25) is 0 Å². The number of amides is 1. The fourth-order valence-electron chi connectivity index (χ4n) is 2.85. The van der Waals surface area contributed by atoms with Crippen LogP contribution in [0, 0.1) is 11.6 Å². The van der Waals surface area contributed by atoms with Gasteiger partial charge in [0.2, 0.25) is 0 Å². The van der Waals surface area contributed by atoms with Crippen LogP contribution in [0.15, 0.2) is 23.2 Å². The van der Waals surface area contributed by atoms with Crippen molar-refractivity contribution in [2.45, 2.75) is 32.2 Å². The number of ether oxygens (including phenoxy) is 1. The van der Waals surface area contributed by atoms with Crippen LogP contribution in [0.4, 0.5) is 13.6 Å². The molecule has 0 bridgehead atoms. The number of hydrogen-bond donors (Lipinski definition) is 2. The summed E-state index contributed by atoms with van der Waals surface area (Å²) < 4.78 is 31.6. The molecule has 1 heterocycles. The third-order valence-electron chi connectivity index (χ3n) is 4.29. The first-order valence-corrected chi connectivity index (χ1v) is 8.86. The second-order valence-corrected chi connectivity index (χ2v) is 6.09. The highest BCUT2D eigenvalue weighted by molar-refractivity contribution is 14.0. The van der Waals surface area contributed by atoms with E-state index in [9.17, 15) is 13.6 Å². The molecule has 0 saturated carbocycles. The van der Waals surface area contributed by atoms with Gasteiger partial charge in [-0.25, -0.2) is 13.6 Å². The van der Waals surface area contributed by atoms with Gasteiger partial charge in [-0.05, 0) is 37.8 Å². The highest BCUT2D eigenvalue weighted by Gasteiger charge is 2.23. The lowest BCUT2D eigenvalue weighted by Crippen LogP contribution is -2.50. The fourth-order valence-corrected chi connectivity index (χ4v) is 2.85. The van der Waals surface area contributed by atoms with Crippen molar-refractivity contribution in [3.8, 4) is 0 Å². The number of hydrogen-bond acceptors (Lipinski definition) is 3. The molecule has 0 radical (unpaired) electrons. The summed E-state index contributed by atoms with van der Waals surface area (Å²) in [6.45, 7) is 3.91. The Morgan fingerprint density at radius 3 is 2.63 bits per heavy atom. The van der Waals surface area contributed by atoms with Gasteiger partial charge in [0.1, 0.15) is 11.6 Å². The van der Waals surface area contributed by atoms with Crippen LogP contribution in [-0.2, 0) is 11.2 Å². The Hall–Kier alpha value is -1.65. The Labute approximate surface area is 175 Å². The molecule has 0 aromatic heterocycles. The molecule has 0 unspecified atom stereocenters. The normalized spacial score (nSPS) is 15.1. The molecule has 1 aromatic carbocycles. The van der Waals surface area contributed by atoms with Gasteiger partial charge in [-0.15, -0.1) is 24.0 Å². The van der Waals surface area contributed by atoms with Gasteiger partial charge in [-0.1, -0.05) is 6.07 Å². The summed E-state index contributed by atoms with van der Waals surface area (Å²) in [5.74, 6) is -0.492. The Balaban J connectivity index is 0.00000364. The first-order chi connectivity index (χ1) is 12.5. The van der Waals surface area contributed by atoms with Gasteiger partial charge >= 0.3 is 6.09 Å². The number of rotatable bonds is 5. The van der Waals surface area contributed by atoms with Crippen molar-refractivity contribution >= 4 is 36.0 Å². The molecular formula is C18H27F2IN4O2. The minimum absolute atomic E-state index is 0. The molecule has 0 aliphatic carbocycles. The zero-order chi connectivity index (χ0) is 18.9. The molecule has 2 N–H and O–H groups in total. The van der Waals surface area contributed by atoms with Gasteiger partial charge < -0.3 is 20.3 Å². The van der Waals surface area contributed by atoms with Crippen LogP contribution in [0.25, 0.3) is 0 Å². The molecule has 0 spiro atoms. The van der Waals surface area contributed by atoms with Crippen molar-refractivity contribution in [1.82, 2.24) is 15.5 Å². The minimum Gasteiger partial charge on any atom is -0.450 e. The quantitative estimate of drug-likeness (QED) is 0.374. The molecular weight excluding hydrogens is 469 g/mol. The number of guanidine groups is 1. The van der Waals surface area contributed by atoms with Crippen molar-refractivity contribution in [1.29, 1.82) is 0 Å².